The van der Waals surface area contributed by atoms with Gasteiger partial charge in [-0.25, -0.2) is 0 Å². The maximum atomic E-state index is 12.3. The number of carbonyl (C=O) groups excluding carboxylic acids is 3. The van der Waals surface area contributed by atoms with Crippen LogP contribution in [-0.4, -0.2) is 24.2 Å². The van der Waals surface area contributed by atoms with Gasteiger partial charge in [-0.05, 0) is 53.2 Å². The average molecular weight is 368 g/mol. The van der Waals surface area contributed by atoms with Gasteiger partial charge in [0.2, 0.25) is 0 Å². The van der Waals surface area contributed by atoms with Crippen molar-refractivity contribution in [1.82, 2.24) is 10.6 Å². The van der Waals surface area contributed by atoms with Crippen LogP contribution < -0.4 is 15.4 Å². The van der Waals surface area contributed by atoms with Gasteiger partial charge in [-0.1, -0.05) is 24.3 Å². The van der Waals surface area contributed by atoms with Crippen molar-refractivity contribution in [3.63, 3.8) is 0 Å². The van der Waals surface area contributed by atoms with Gasteiger partial charge in [0.05, 0.1) is 12.0 Å². The van der Waals surface area contributed by atoms with E-state index in [0.29, 0.717) is 17.0 Å². The van der Waals surface area contributed by atoms with E-state index in [1.54, 1.807) is 37.5 Å². The van der Waals surface area contributed by atoms with E-state index in [4.69, 9.17) is 4.74 Å². The van der Waals surface area contributed by atoms with Crippen molar-refractivity contribution in [2.45, 2.75) is 6.54 Å². The zero-order chi connectivity index (χ0) is 18.5. The van der Waals surface area contributed by atoms with Gasteiger partial charge in [0.25, 0.3) is 17.1 Å². The highest BCUT2D eigenvalue weighted by atomic mass is 32.2. The third kappa shape index (κ3) is 4.31. The van der Waals surface area contributed by atoms with Crippen LogP contribution in [0.25, 0.3) is 6.08 Å². The van der Waals surface area contributed by atoms with Gasteiger partial charge >= 0.3 is 0 Å². The van der Waals surface area contributed by atoms with Crippen LogP contribution in [0.3, 0.4) is 0 Å². The smallest absolute Gasteiger partial charge is 0.290 e. The van der Waals surface area contributed by atoms with Crippen LogP contribution in [0.2, 0.25) is 0 Å². The zero-order valence-corrected chi connectivity index (χ0v) is 14.8. The Bertz CT molecular complexity index is 891. The molecule has 2 N–H and O–H groups in total. The third-order valence-corrected chi connectivity index (χ3v) is 4.51. The molecule has 0 saturated carbocycles. The number of benzene rings is 2. The Balaban J connectivity index is 1.62. The van der Waals surface area contributed by atoms with E-state index in [-0.39, 0.29) is 11.1 Å². The molecular weight excluding hydrogens is 352 g/mol. The van der Waals surface area contributed by atoms with Crippen molar-refractivity contribution in [3.05, 3.63) is 70.1 Å². The Hall–Kier alpha value is -3.06. The fraction of sp³-hybridized carbons (Fsp3) is 0.105. The molecule has 1 aliphatic heterocycles. The summed E-state index contributed by atoms with van der Waals surface area (Å²) >= 11 is 0.860. The third-order valence-electron chi connectivity index (χ3n) is 3.70. The minimum atomic E-state index is -0.403. The van der Waals surface area contributed by atoms with Gasteiger partial charge in [-0.2, -0.15) is 0 Å². The number of carbonyl (C=O) groups is 3. The van der Waals surface area contributed by atoms with Crippen molar-refractivity contribution in [2.24, 2.45) is 0 Å². The van der Waals surface area contributed by atoms with Crippen molar-refractivity contribution in [3.8, 4) is 5.75 Å². The normalized spacial score (nSPS) is 15.0. The number of ether oxygens (including phenoxy) is 1. The lowest BCUT2D eigenvalue weighted by Gasteiger charge is -2.07. The SMILES string of the molecule is COc1cccc(CNC(=O)c2ccc(/C=C3\SC(=O)NC3=O)cc2)c1. The minimum Gasteiger partial charge on any atom is -0.497 e. The molecule has 0 atom stereocenters. The first-order valence-corrected chi connectivity index (χ1v) is 8.63. The van der Waals surface area contributed by atoms with E-state index in [1.165, 1.54) is 0 Å². The molecule has 0 bridgehead atoms. The summed E-state index contributed by atoms with van der Waals surface area (Å²) in [5.74, 6) is 0.136. The molecule has 6 nitrogen and oxygen atoms in total. The van der Waals surface area contributed by atoms with Gasteiger partial charge < -0.3 is 10.1 Å². The molecule has 2 aromatic carbocycles. The number of rotatable bonds is 5. The Labute approximate surface area is 154 Å². The molecule has 0 aromatic heterocycles. The number of nitrogens with one attached hydrogen (secondary N) is 2. The molecule has 0 aliphatic carbocycles. The highest BCUT2D eigenvalue weighted by molar-refractivity contribution is 8.18. The lowest BCUT2D eigenvalue weighted by molar-refractivity contribution is -0.115. The number of imide groups is 1. The Morgan fingerprint density at radius 2 is 1.96 bits per heavy atom. The monoisotopic (exact) mass is 368 g/mol. The highest BCUT2D eigenvalue weighted by Crippen LogP contribution is 2.25. The summed E-state index contributed by atoms with van der Waals surface area (Å²) in [6.45, 7) is 0.390. The first kappa shape index (κ1) is 17.8. The van der Waals surface area contributed by atoms with Gasteiger partial charge in [0.1, 0.15) is 5.75 Å². The van der Waals surface area contributed by atoms with Gasteiger partial charge in [0, 0.05) is 12.1 Å². The predicted octanol–water partition coefficient (Wildman–Crippen LogP) is 2.95. The summed E-state index contributed by atoms with van der Waals surface area (Å²) in [7, 11) is 1.60. The van der Waals surface area contributed by atoms with Crippen LogP contribution in [0.5, 0.6) is 5.75 Å². The molecule has 0 radical (unpaired) electrons. The minimum absolute atomic E-state index is 0.199. The number of hydrogen-bond donors (Lipinski definition) is 2. The largest absolute Gasteiger partial charge is 0.497 e. The van der Waals surface area contributed by atoms with Crippen molar-refractivity contribution in [2.75, 3.05) is 7.11 Å². The molecule has 26 heavy (non-hydrogen) atoms. The Kier molecular flexibility index (Phi) is 5.38. The van der Waals surface area contributed by atoms with Crippen LogP contribution >= 0.6 is 11.8 Å². The summed E-state index contributed by atoms with van der Waals surface area (Å²) in [5, 5.41) is 4.67. The van der Waals surface area contributed by atoms with Gasteiger partial charge in [0.15, 0.2) is 0 Å². The van der Waals surface area contributed by atoms with E-state index in [0.717, 1.165) is 28.6 Å². The molecule has 1 aliphatic rings. The summed E-state index contributed by atoms with van der Waals surface area (Å²) in [5.41, 5.74) is 2.18. The molecule has 0 spiro atoms. The molecule has 1 fully saturated rings. The molecule has 1 heterocycles. The van der Waals surface area contributed by atoms with Crippen LogP contribution in [0, 0.1) is 0 Å². The molecule has 132 valence electrons. The Morgan fingerprint density at radius 1 is 1.19 bits per heavy atom. The van der Waals surface area contributed by atoms with Gasteiger partial charge in [-0.3, -0.25) is 19.7 Å². The quantitative estimate of drug-likeness (QED) is 0.793. The molecule has 2 aromatic rings. The van der Waals surface area contributed by atoms with E-state index < -0.39 is 5.91 Å². The first-order valence-electron chi connectivity index (χ1n) is 7.81. The predicted molar refractivity (Wildman–Crippen MR) is 99.7 cm³/mol. The summed E-state index contributed by atoms with van der Waals surface area (Å²) in [4.78, 5) is 35.3. The zero-order valence-electron chi connectivity index (χ0n) is 13.9. The lowest BCUT2D eigenvalue weighted by atomic mass is 10.1. The van der Waals surface area contributed by atoms with Crippen molar-refractivity contribution < 1.29 is 19.1 Å². The summed E-state index contributed by atoms with van der Waals surface area (Å²) in [6.07, 6.45) is 1.61. The summed E-state index contributed by atoms with van der Waals surface area (Å²) < 4.78 is 5.16. The number of hydrogen-bond acceptors (Lipinski definition) is 5. The number of methoxy groups -OCH3 is 1. The van der Waals surface area contributed by atoms with E-state index in [2.05, 4.69) is 10.6 Å². The molecular formula is C19H16N2O4S. The first-order chi connectivity index (χ1) is 12.5. The van der Waals surface area contributed by atoms with Crippen LogP contribution in [0.15, 0.2) is 53.4 Å². The highest BCUT2D eigenvalue weighted by Gasteiger charge is 2.24. The number of amides is 3. The van der Waals surface area contributed by atoms with Crippen LogP contribution in [-0.2, 0) is 11.3 Å². The Morgan fingerprint density at radius 3 is 2.62 bits per heavy atom. The van der Waals surface area contributed by atoms with E-state index in [1.807, 2.05) is 24.3 Å². The van der Waals surface area contributed by atoms with Crippen molar-refractivity contribution >= 4 is 34.9 Å². The molecule has 1 saturated heterocycles. The number of thioether (sulfide) groups is 1. The van der Waals surface area contributed by atoms with E-state index >= 15 is 0 Å². The second-order valence-corrected chi connectivity index (χ2v) is 6.52. The maximum absolute atomic E-state index is 12.3. The fourth-order valence-electron chi connectivity index (χ4n) is 2.37. The standard InChI is InChI=1S/C19H16N2O4S/c1-25-15-4-2-3-13(9-15)11-20-17(22)14-7-5-12(6-8-14)10-16-18(23)21-19(24)26-16/h2-10H,11H2,1H3,(H,20,22)(H,21,23,24)/b16-10-. The second-order valence-electron chi connectivity index (χ2n) is 5.51. The molecule has 7 heteroatoms. The topological polar surface area (TPSA) is 84.5 Å². The van der Waals surface area contributed by atoms with Crippen LogP contribution in [0.1, 0.15) is 21.5 Å². The second kappa shape index (κ2) is 7.88. The molecule has 0 unspecified atom stereocenters. The fourth-order valence-corrected chi connectivity index (χ4v) is 3.05. The van der Waals surface area contributed by atoms with Crippen molar-refractivity contribution in [1.29, 1.82) is 0 Å². The lowest BCUT2D eigenvalue weighted by Crippen LogP contribution is -2.22. The van der Waals surface area contributed by atoms with Gasteiger partial charge in [-0.15, -0.1) is 0 Å². The van der Waals surface area contributed by atoms with Crippen LogP contribution in [0.4, 0.5) is 4.79 Å². The molecule has 3 rings (SSSR count). The summed E-state index contributed by atoms with van der Waals surface area (Å²) in [6, 6.07) is 14.3. The van der Waals surface area contributed by atoms with E-state index in [9.17, 15) is 14.4 Å². The molecule has 3 amide bonds. The maximum Gasteiger partial charge on any atom is 0.290 e. The average Bonchev–Trinajstić information content (AvgIpc) is 2.97.